The predicted octanol–water partition coefficient (Wildman–Crippen LogP) is 2.50. The van der Waals surface area contributed by atoms with Crippen LogP contribution in [-0.4, -0.2) is 28.4 Å². The van der Waals surface area contributed by atoms with Crippen molar-refractivity contribution in [2.75, 3.05) is 12.8 Å². The number of nitrogens with one attached hydrogen (secondary N) is 1. The maximum atomic E-state index is 13.6. The molecule has 0 atom stereocenters. The third-order valence-corrected chi connectivity index (χ3v) is 4.71. The molecule has 5 nitrogen and oxygen atoms in total. The van der Waals surface area contributed by atoms with Crippen molar-refractivity contribution in [2.24, 2.45) is 0 Å². The highest BCUT2D eigenvalue weighted by molar-refractivity contribution is 8.00. The molecule has 1 aromatic rings. The lowest BCUT2D eigenvalue weighted by atomic mass is 10.1. The number of hydrogen-bond acceptors (Lipinski definition) is 4. The van der Waals surface area contributed by atoms with Crippen molar-refractivity contribution in [1.82, 2.24) is 5.32 Å². The van der Waals surface area contributed by atoms with Crippen molar-refractivity contribution in [3.8, 4) is 0 Å². The molecule has 1 aromatic carbocycles. The van der Waals surface area contributed by atoms with Crippen LogP contribution in [0.2, 0.25) is 0 Å². The second-order valence-electron chi connectivity index (χ2n) is 4.61. The van der Waals surface area contributed by atoms with Crippen LogP contribution in [0.5, 0.6) is 0 Å². The first-order chi connectivity index (χ1) is 9.38. The Kier molecular flexibility index (Phi) is 3.94. The topological polar surface area (TPSA) is 72.2 Å². The van der Waals surface area contributed by atoms with E-state index in [-0.39, 0.29) is 4.75 Å². The summed E-state index contributed by atoms with van der Waals surface area (Å²) in [6.45, 7) is 0.366. The molecule has 20 heavy (non-hydrogen) atoms. The van der Waals surface area contributed by atoms with Gasteiger partial charge in [0, 0.05) is 11.3 Å². The lowest BCUT2D eigenvalue weighted by Gasteiger charge is -2.13. The van der Waals surface area contributed by atoms with Gasteiger partial charge >= 0.3 is 5.69 Å². The Morgan fingerprint density at radius 3 is 2.60 bits per heavy atom. The zero-order chi connectivity index (χ0) is 14.9. The molecule has 1 aliphatic rings. The molecular weight excluding hydrogens is 290 g/mol. The maximum Gasteiger partial charge on any atom is 0.307 e. The molecule has 108 valence electrons. The normalized spacial score (nSPS) is 15.8. The van der Waals surface area contributed by atoms with E-state index in [9.17, 15) is 23.7 Å². The summed E-state index contributed by atoms with van der Waals surface area (Å²) in [7, 11) is 0. The number of rotatable bonds is 5. The number of hydrogen-bond donors (Lipinski definition) is 1. The van der Waals surface area contributed by atoms with Gasteiger partial charge in [0.2, 0.25) is 5.82 Å². The summed E-state index contributed by atoms with van der Waals surface area (Å²) in [5.74, 6) is -3.10. The fraction of sp³-hybridized carbons (Fsp3) is 0.417. The summed E-state index contributed by atoms with van der Waals surface area (Å²) in [4.78, 5) is 21.2. The van der Waals surface area contributed by atoms with E-state index in [1.165, 1.54) is 0 Å². The molecule has 0 aromatic heterocycles. The average molecular weight is 302 g/mol. The lowest BCUT2D eigenvalue weighted by molar-refractivity contribution is -0.387. The summed E-state index contributed by atoms with van der Waals surface area (Å²) in [5, 5.41) is 13.0. The molecule has 0 bridgehead atoms. The standard InChI is InChI=1S/C12H12F2N2O3S/c1-20-12(2-3-12)6-15-11(17)7-4-9(14)10(16(18)19)5-8(7)13/h4-5H,2-3,6H2,1H3,(H,15,17). The first-order valence-electron chi connectivity index (χ1n) is 5.85. The maximum absolute atomic E-state index is 13.6. The van der Waals surface area contributed by atoms with Gasteiger partial charge in [0.15, 0.2) is 0 Å². The fourth-order valence-electron chi connectivity index (χ4n) is 1.78. The molecule has 0 aliphatic heterocycles. The van der Waals surface area contributed by atoms with Crippen molar-refractivity contribution in [1.29, 1.82) is 0 Å². The molecule has 0 unspecified atom stereocenters. The molecule has 0 saturated heterocycles. The van der Waals surface area contributed by atoms with Gasteiger partial charge in [-0.25, -0.2) is 4.39 Å². The van der Waals surface area contributed by atoms with Gasteiger partial charge in [-0.3, -0.25) is 14.9 Å². The smallest absolute Gasteiger partial charge is 0.307 e. The molecule has 1 fully saturated rings. The Balaban J connectivity index is 2.14. The van der Waals surface area contributed by atoms with Crippen molar-refractivity contribution < 1.29 is 18.5 Å². The number of halogens is 2. The van der Waals surface area contributed by atoms with E-state index in [0.29, 0.717) is 18.7 Å². The van der Waals surface area contributed by atoms with Gasteiger partial charge in [0.05, 0.1) is 16.6 Å². The minimum atomic E-state index is -1.23. The van der Waals surface area contributed by atoms with E-state index in [2.05, 4.69) is 5.32 Å². The van der Waals surface area contributed by atoms with Crippen LogP contribution in [-0.2, 0) is 0 Å². The Bertz CT molecular complexity index is 576. The number of amides is 1. The first kappa shape index (κ1) is 14.7. The number of carbonyl (C=O) groups excluding carboxylic acids is 1. The van der Waals surface area contributed by atoms with Crippen LogP contribution in [0.15, 0.2) is 12.1 Å². The molecule has 0 spiro atoms. The van der Waals surface area contributed by atoms with E-state index in [0.717, 1.165) is 12.8 Å². The molecule has 1 N–H and O–H groups in total. The van der Waals surface area contributed by atoms with Crippen molar-refractivity contribution >= 4 is 23.4 Å². The third kappa shape index (κ3) is 2.90. The molecular formula is C12H12F2N2O3S. The Morgan fingerprint density at radius 2 is 2.10 bits per heavy atom. The average Bonchev–Trinajstić information content (AvgIpc) is 3.18. The summed E-state index contributed by atoms with van der Waals surface area (Å²) in [6, 6.07) is 0.979. The van der Waals surface area contributed by atoms with Crippen LogP contribution in [0.1, 0.15) is 23.2 Å². The molecule has 8 heteroatoms. The third-order valence-electron chi connectivity index (χ3n) is 3.29. The summed E-state index contributed by atoms with van der Waals surface area (Å²) < 4.78 is 27.0. The van der Waals surface area contributed by atoms with Gasteiger partial charge in [0.1, 0.15) is 5.82 Å². The number of nitro groups is 1. The zero-order valence-corrected chi connectivity index (χ0v) is 11.4. The number of nitrogens with zero attached hydrogens (tertiary/aromatic N) is 1. The van der Waals surface area contributed by atoms with E-state index in [1.54, 1.807) is 11.8 Å². The summed E-state index contributed by atoms with van der Waals surface area (Å²) in [6.07, 6.45) is 3.85. The lowest BCUT2D eigenvalue weighted by Crippen LogP contribution is -2.32. The predicted molar refractivity (Wildman–Crippen MR) is 70.8 cm³/mol. The highest BCUT2D eigenvalue weighted by Crippen LogP contribution is 2.46. The summed E-state index contributed by atoms with van der Waals surface area (Å²) in [5.41, 5.74) is -1.51. The zero-order valence-electron chi connectivity index (χ0n) is 10.6. The summed E-state index contributed by atoms with van der Waals surface area (Å²) >= 11 is 1.62. The number of nitro benzene ring substituents is 1. The van der Waals surface area contributed by atoms with Crippen LogP contribution in [0, 0.1) is 21.7 Å². The fourth-order valence-corrected chi connectivity index (χ4v) is 2.51. The van der Waals surface area contributed by atoms with Crippen LogP contribution in [0.4, 0.5) is 14.5 Å². The molecule has 0 heterocycles. The van der Waals surface area contributed by atoms with Gasteiger partial charge in [-0.2, -0.15) is 16.2 Å². The van der Waals surface area contributed by atoms with E-state index in [1.807, 2.05) is 6.26 Å². The number of thioether (sulfide) groups is 1. The molecule has 2 rings (SSSR count). The minimum absolute atomic E-state index is 0.00847. The van der Waals surface area contributed by atoms with Crippen LogP contribution >= 0.6 is 11.8 Å². The van der Waals surface area contributed by atoms with Gasteiger partial charge in [-0.15, -0.1) is 0 Å². The van der Waals surface area contributed by atoms with Gasteiger partial charge < -0.3 is 5.32 Å². The highest BCUT2D eigenvalue weighted by Gasteiger charge is 2.42. The SMILES string of the molecule is CSC1(CNC(=O)c2cc(F)c([N+](=O)[O-])cc2F)CC1. The van der Waals surface area contributed by atoms with E-state index < -0.39 is 33.7 Å². The monoisotopic (exact) mass is 302 g/mol. The van der Waals surface area contributed by atoms with Crippen LogP contribution in [0.25, 0.3) is 0 Å². The van der Waals surface area contributed by atoms with E-state index >= 15 is 0 Å². The first-order valence-corrected chi connectivity index (χ1v) is 7.08. The second kappa shape index (κ2) is 5.35. The van der Waals surface area contributed by atoms with Crippen molar-refractivity contribution in [2.45, 2.75) is 17.6 Å². The van der Waals surface area contributed by atoms with Gasteiger partial charge in [-0.1, -0.05) is 0 Å². The van der Waals surface area contributed by atoms with Crippen molar-refractivity contribution in [3.05, 3.63) is 39.4 Å². The minimum Gasteiger partial charge on any atom is -0.351 e. The molecule has 1 amide bonds. The van der Waals surface area contributed by atoms with Crippen LogP contribution in [0.3, 0.4) is 0 Å². The van der Waals surface area contributed by atoms with E-state index in [4.69, 9.17) is 0 Å². The molecule has 1 aliphatic carbocycles. The molecule has 0 radical (unpaired) electrons. The van der Waals surface area contributed by atoms with Gasteiger partial charge in [-0.05, 0) is 25.2 Å². The second-order valence-corrected chi connectivity index (χ2v) is 5.88. The van der Waals surface area contributed by atoms with Gasteiger partial charge in [0.25, 0.3) is 5.91 Å². The van der Waals surface area contributed by atoms with Crippen molar-refractivity contribution in [3.63, 3.8) is 0 Å². The number of benzene rings is 1. The Hall–Kier alpha value is -1.70. The molecule has 1 saturated carbocycles. The Morgan fingerprint density at radius 1 is 1.45 bits per heavy atom. The van der Waals surface area contributed by atoms with Crippen LogP contribution < -0.4 is 5.32 Å². The highest BCUT2D eigenvalue weighted by atomic mass is 32.2. The largest absolute Gasteiger partial charge is 0.351 e. The Labute approximate surface area is 117 Å². The quantitative estimate of drug-likeness (QED) is 0.670. The number of carbonyl (C=O) groups is 1.